The lowest BCUT2D eigenvalue weighted by molar-refractivity contribution is 0.436. The summed E-state index contributed by atoms with van der Waals surface area (Å²) in [7, 11) is 0. The van der Waals surface area contributed by atoms with Crippen LogP contribution in [0.5, 0.6) is 11.5 Å². The predicted octanol–water partition coefficient (Wildman–Crippen LogP) is 3.65. The van der Waals surface area contributed by atoms with Crippen molar-refractivity contribution in [2.45, 2.75) is 19.4 Å². The fourth-order valence-electron chi connectivity index (χ4n) is 1.79. The molecule has 0 aliphatic heterocycles. The zero-order valence-corrected chi connectivity index (χ0v) is 10.6. The molecule has 0 heterocycles. The summed E-state index contributed by atoms with van der Waals surface area (Å²) < 4.78 is 31.8. The van der Waals surface area contributed by atoms with Crippen molar-refractivity contribution in [2.75, 3.05) is 0 Å². The van der Waals surface area contributed by atoms with Crippen LogP contribution in [0.1, 0.15) is 12.5 Å². The second-order valence-corrected chi connectivity index (χ2v) is 4.51. The molecule has 0 aliphatic rings. The average molecular weight is 263 g/mol. The Morgan fingerprint density at radius 2 is 1.95 bits per heavy atom. The van der Waals surface area contributed by atoms with Crippen molar-refractivity contribution in [3.63, 3.8) is 0 Å². The Bertz CT molecular complexity index is 570. The van der Waals surface area contributed by atoms with Crippen molar-refractivity contribution in [3.05, 3.63) is 59.7 Å². The second kappa shape index (κ2) is 5.80. The van der Waals surface area contributed by atoms with Crippen molar-refractivity contribution in [1.29, 1.82) is 0 Å². The summed E-state index contributed by atoms with van der Waals surface area (Å²) in [5.41, 5.74) is 6.71. The molecule has 1 unspecified atom stereocenters. The minimum absolute atomic E-state index is 0.0288. The fourth-order valence-corrected chi connectivity index (χ4v) is 1.79. The Morgan fingerprint density at radius 1 is 1.16 bits per heavy atom. The van der Waals surface area contributed by atoms with Gasteiger partial charge in [-0.3, -0.25) is 0 Å². The van der Waals surface area contributed by atoms with E-state index in [-0.39, 0.29) is 11.8 Å². The van der Waals surface area contributed by atoms with E-state index in [2.05, 4.69) is 0 Å². The molecule has 0 saturated heterocycles. The maximum atomic E-state index is 13.5. The van der Waals surface area contributed by atoms with Gasteiger partial charge in [-0.25, -0.2) is 8.78 Å². The predicted molar refractivity (Wildman–Crippen MR) is 70.2 cm³/mol. The highest BCUT2D eigenvalue weighted by molar-refractivity contribution is 5.35. The quantitative estimate of drug-likeness (QED) is 0.913. The molecule has 0 radical (unpaired) electrons. The third-order valence-electron chi connectivity index (χ3n) is 2.58. The zero-order valence-electron chi connectivity index (χ0n) is 10.6. The first-order chi connectivity index (χ1) is 9.04. The molecule has 2 aromatic rings. The molecule has 0 amide bonds. The minimum atomic E-state index is -0.598. The van der Waals surface area contributed by atoms with Crippen molar-refractivity contribution in [3.8, 4) is 11.5 Å². The molecule has 2 nitrogen and oxygen atoms in total. The van der Waals surface area contributed by atoms with Crippen LogP contribution in [-0.2, 0) is 6.42 Å². The Kier molecular flexibility index (Phi) is 4.12. The standard InChI is InChI=1S/C15H15F2NO/c1-10(18)7-11-3-2-4-13(8-11)19-15-9-12(16)5-6-14(15)17/h2-6,8-10H,7,18H2,1H3. The van der Waals surface area contributed by atoms with E-state index in [1.54, 1.807) is 18.2 Å². The van der Waals surface area contributed by atoms with E-state index in [9.17, 15) is 8.78 Å². The summed E-state index contributed by atoms with van der Waals surface area (Å²) in [5, 5.41) is 0. The second-order valence-electron chi connectivity index (χ2n) is 4.51. The summed E-state index contributed by atoms with van der Waals surface area (Å²) in [4.78, 5) is 0. The van der Waals surface area contributed by atoms with Gasteiger partial charge >= 0.3 is 0 Å². The van der Waals surface area contributed by atoms with Crippen LogP contribution >= 0.6 is 0 Å². The molecule has 2 N–H and O–H groups in total. The Morgan fingerprint density at radius 3 is 2.68 bits per heavy atom. The molecule has 19 heavy (non-hydrogen) atoms. The molecular weight excluding hydrogens is 248 g/mol. The highest BCUT2D eigenvalue weighted by Crippen LogP contribution is 2.26. The first kappa shape index (κ1) is 13.5. The summed E-state index contributed by atoms with van der Waals surface area (Å²) in [5.74, 6) is -0.803. The highest BCUT2D eigenvalue weighted by atomic mass is 19.1. The number of hydrogen-bond acceptors (Lipinski definition) is 2. The molecule has 100 valence electrons. The smallest absolute Gasteiger partial charge is 0.165 e. The number of halogens is 2. The molecule has 0 saturated carbocycles. The largest absolute Gasteiger partial charge is 0.454 e. The van der Waals surface area contributed by atoms with E-state index in [0.29, 0.717) is 12.2 Å². The minimum Gasteiger partial charge on any atom is -0.454 e. The average Bonchev–Trinajstić information content (AvgIpc) is 2.33. The number of rotatable bonds is 4. The Hall–Kier alpha value is -1.94. The summed E-state index contributed by atoms with van der Waals surface area (Å²) in [6.45, 7) is 1.90. The Labute approximate surface area is 110 Å². The van der Waals surface area contributed by atoms with Crippen molar-refractivity contribution < 1.29 is 13.5 Å². The lowest BCUT2D eigenvalue weighted by Crippen LogP contribution is -2.17. The molecule has 1 atom stereocenters. The number of ether oxygens (including phenoxy) is 1. The van der Waals surface area contributed by atoms with Crippen LogP contribution in [0.3, 0.4) is 0 Å². The first-order valence-corrected chi connectivity index (χ1v) is 6.02. The first-order valence-electron chi connectivity index (χ1n) is 6.02. The third kappa shape index (κ3) is 3.76. The van der Waals surface area contributed by atoms with Gasteiger partial charge < -0.3 is 10.5 Å². The van der Waals surface area contributed by atoms with Crippen molar-refractivity contribution >= 4 is 0 Å². The molecule has 0 aliphatic carbocycles. The molecular formula is C15H15F2NO. The van der Waals surface area contributed by atoms with E-state index in [0.717, 1.165) is 23.8 Å². The Balaban J connectivity index is 2.21. The molecule has 0 bridgehead atoms. The summed E-state index contributed by atoms with van der Waals surface area (Å²) >= 11 is 0. The summed E-state index contributed by atoms with van der Waals surface area (Å²) in [6.07, 6.45) is 0.697. The number of nitrogens with two attached hydrogens (primary N) is 1. The van der Waals surface area contributed by atoms with Crippen LogP contribution in [-0.4, -0.2) is 6.04 Å². The lowest BCUT2D eigenvalue weighted by Gasteiger charge is -2.10. The van der Waals surface area contributed by atoms with Gasteiger partial charge in [-0.15, -0.1) is 0 Å². The topological polar surface area (TPSA) is 35.2 Å². The van der Waals surface area contributed by atoms with E-state index in [1.165, 1.54) is 0 Å². The molecule has 2 aromatic carbocycles. The molecule has 4 heteroatoms. The monoisotopic (exact) mass is 263 g/mol. The molecule has 0 aromatic heterocycles. The lowest BCUT2D eigenvalue weighted by atomic mass is 10.1. The van der Waals surface area contributed by atoms with Gasteiger partial charge in [0.1, 0.15) is 11.6 Å². The van der Waals surface area contributed by atoms with Crippen LogP contribution in [0, 0.1) is 11.6 Å². The van der Waals surface area contributed by atoms with Gasteiger partial charge in [0.25, 0.3) is 0 Å². The highest BCUT2D eigenvalue weighted by Gasteiger charge is 2.07. The van der Waals surface area contributed by atoms with Crippen LogP contribution in [0.4, 0.5) is 8.78 Å². The summed E-state index contributed by atoms with van der Waals surface area (Å²) in [6, 6.07) is 10.3. The van der Waals surface area contributed by atoms with E-state index < -0.39 is 11.6 Å². The molecule has 0 fully saturated rings. The van der Waals surface area contributed by atoms with Crippen LogP contribution in [0.2, 0.25) is 0 Å². The van der Waals surface area contributed by atoms with Gasteiger partial charge in [-0.05, 0) is 43.2 Å². The van der Waals surface area contributed by atoms with Gasteiger partial charge in [0.15, 0.2) is 11.6 Å². The van der Waals surface area contributed by atoms with Crippen molar-refractivity contribution in [1.82, 2.24) is 0 Å². The van der Waals surface area contributed by atoms with Gasteiger partial charge in [0, 0.05) is 12.1 Å². The SMILES string of the molecule is CC(N)Cc1cccc(Oc2cc(F)ccc2F)c1. The van der Waals surface area contributed by atoms with Crippen LogP contribution in [0.25, 0.3) is 0 Å². The van der Waals surface area contributed by atoms with Gasteiger partial charge in [0.05, 0.1) is 0 Å². The number of hydrogen-bond donors (Lipinski definition) is 1. The normalized spacial score (nSPS) is 12.2. The van der Waals surface area contributed by atoms with E-state index in [1.807, 2.05) is 13.0 Å². The maximum Gasteiger partial charge on any atom is 0.165 e. The van der Waals surface area contributed by atoms with Gasteiger partial charge in [-0.2, -0.15) is 0 Å². The maximum absolute atomic E-state index is 13.5. The van der Waals surface area contributed by atoms with Crippen molar-refractivity contribution in [2.24, 2.45) is 5.73 Å². The zero-order chi connectivity index (χ0) is 13.8. The fraction of sp³-hybridized carbons (Fsp3) is 0.200. The third-order valence-corrected chi connectivity index (χ3v) is 2.58. The van der Waals surface area contributed by atoms with E-state index >= 15 is 0 Å². The molecule has 2 rings (SSSR count). The molecule has 0 spiro atoms. The van der Waals surface area contributed by atoms with Gasteiger partial charge in [-0.1, -0.05) is 12.1 Å². The van der Waals surface area contributed by atoms with Crippen LogP contribution < -0.4 is 10.5 Å². The van der Waals surface area contributed by atoms with Gasteiger partial charge in [0.2, 0.25) is 0 Å². The number of benzene rings is 2. The van der Waals surface area contributed by atoms with E-state index in [4.69, 9.17) is 10.5 Å². The van der Waals surface area contributed by atoms with Crippen LogP contribution in [0.15, 0.2) is 42.5 Å².